The number of aromatic amines is 1. The predicted molar refractivity (Wildman–Crippen MR) is 75.2 cm³/mol. The van der Waals surface area contributed by atoms with Gasteiger partial charge in [0.2, 0.25) is 0 Å². The molecule has 0 unspecified atom stereocenters. The van der Waals surface area contributed by atoms with E-state index in [-0.39, 0.29) is 5.91 Å². The number of rotatable bonds is 2. The summed E-state index contributed by atoms with van der Waals surface area (Å²) in [5.41, 5.74) is 3.01. The average Bonchev–Trinajstić information content (AvgIpc) is 2.95. The molecule has 20 heavy (non-hydrogen) atoms. The molecule has 0 bridgehead atoms. The minimum absolute atomic E-state index is 0.252. The van der Waals surface area contributed by atoms with Crippen molar-refractivity contribution >= 4 is 22.6 Å². The van der Waals surface area contributed by atoms with Gasteiger partial charge in [0.1, 0.15) is 5.52 Å². The number of H-pyrrole nitrogens is 1. The van der Waals surface area contributed by atoms with Crippen molar-refractivity contribution in [1.82, 2.24) is 9.97 Å². The molecule has 1 heterocycles. The van der Waals surface area contributed by atoms with E-state index in [2.05, 4.69) is 15.3 Å². The van der Waals surface area contributed by atoms with Gasteiger partial charge in [0.15, 0.2) is 0 Å². The number of carbonyl (C=O) groups is 1. The lowest BCUT2D eigenvalue weighted by Crippen LogP contribution is -2.12. The zero-order valence-electron chi connectivity index (χ0n) is 10.4. The summed E-state index contributed by atoms with van der Waals surface area (Å²) in [5.74, 6) is -0.252. The number of fused-ring (bicyclic) bond motifs is 1. The Bertz CT molecular complexity index is 829. The topological polar surface area (TPSA) is 81.6 Å². The molecule has 3 rings (SSSR count). The van der Waals surface area contributed by atoms with Crippen LogP contribution in [0.15, 0.2) is 48.8 Å². The summed E-state index contributed by atoms with van der Waals surface area (Å²) < 4.78 is 0. The van der Waals surface area contributed by atoms with E-state index in [1.807, 2.05) is 12.1 Å². The maximum absolute atomic E-state index is 12.3. The van der Waals surface area contributed by atoms with Crippen molar-refractivity contribution in [2.75, 3.05) is 5.32 Å². The number of nitriles is 1. The highest BCUT2D eigenvalue weighted by atomic mass is 16.1. The SMILES string of the molecule is N#Cc1cccc(NC(=O)c2cccc3[nH]cnc23)c1. The molecule has 0 radical (unpaired) electrons. The number of amides is 1. The number of nitrogens with zero attached hydrogens (tertiary/aromatic N) is 2. The lowest BCUT2D eigenvalue weighted by atomic mass is 10.1. The smallest absolute Gasteiger partial charge is 0.257 e. The van der Waals surface area contributed by atoms with Crippen molar-refractivity contribution in [3.8, 4) is 6.07 Å². The molecule has 0 spiro atoms. The zero-order chi connectivity index (χ0) is 13.9. The third-order valence-electron chi connectivity index (χ3n) is 2.94. The Kier molecular flexibility index (Phi) is 2.90. The van der Waals surface area contributed by atoms with Gasteiger partial charge in [0, 0.05) is 5.69 Å². The molecule has 0 aliphatic rings. The van der Waals surface area contributed by atoms with Crippen LogP contribution < -0.4 is 5.32 Å². The van der Waals surface area contributed by atoms with E-state index in [9.17, 15) is 4.79 Å². The van der Waals surface area contributed by atoms with E-state index in [0.29, 0.717) is 22.3 Å². The van der Waals surface area contributed by atoms with E-state index in [0.717, 1.165) is 5.52 Å². The van der Waals surface area contributed by atoms with Crippen LogP contribution in [0.5, 0.6) is 0 Å². The molecule has 5 heteroatoms. The van der Waals surface area contributed by atoms with Crippen LogP contribution in [-0.2, 0) is 0 Å². The Hall–Kier alpha value is -3.13. The van der Waals surface area contributed by atoms with Crippen molar-refractivity contribution in [3.05, 3.63) is 59.9 Å². The number of hydrogen-bond acceptors (Lipinski definition) is 3. The maximum Gasteiger partial charge on any atom is 0.257 e. The van der Waals surface area contributed by atoms with Crippen LogP contribution in [0.4, 0.5) is 5.69 Å². The van der Waals surface area contributed by atoms with Gasteiger partial charge in [-0.3, -0.25) is 4.79 Å². The van der Waals surface area contributed by atoms with E-state index in [1.54, 1.807) is 42.7 Å². The minimum Gasteiger partial charge on any atom is -0.345 e. The molecule has 0 fully saturated rings. The number of aromatic nitrogens is 2. The van der Waals surface area contributed by atoms with E-state index in [1.165, 1.54) is 0 Å². The van der Waals surface area contributed by atoms with Gasteiger partial charge in [0.25, 0.3) is 5.91 Å². The standard InChI is InChI=1S/C15H10N4O/c16-8-10-3-1-4-11(7-10)19-15(20)12-5-2-6-13-14(12)18-9-17-13/h1-7,9H,(H,17,18)(H,19,20). The lowest BCUT2D eigenvalue weighted by molar-refractivity contribution is 0.102. The first-order valence-corrected chi connectivity index (χ1v) is 6.01. The molecule has 2 N–H and O–H groups in total. The lowest BCUT2D eigenvalue weighted by Gasteiger charge is -2.06. The molecule has 1 aromatic heterocycles. The van der Waals surface area contributed by atoms with Gasteiger partial charge >= 0.3 is 0 Å². The molecule has 1 amide bonds. The van der Waals surface area contributed by atoms with E-state index < -0.39 is 0 Å². The Balaban J connectivity index is 1.93. The molecular formula is C15H10N4O. The van der Waals surface area contributed by atoms with Crippen molar-refractivity contribution in [2.45, 2.75) is 0 Å². The summed E-state index contributed by atoms with van der Waals surface area (Å²) in [5, 5.41) is 11.6. The van der Waals surface area contributed by atoms with Crippen molar-refractivity contribution < 1.29 is 4.79 Å². The third-order valence-corrected chi connectivity index (χ3v) is 2.94. The number of anilines is 1. The molecule has 2 aromatic carbocycles. The predicted octanol–water partition coefficient (Wildman–Crippen LogP) is 2.69. The molecule has 0 atom stereocenters. The average molecular weight is 262 g/mol. The van der Waals surface area contributed by atoms with Crippen molar-refractivity contribution in [1.29, 1.82) is 5.26 Å². The second-order valence-corrected chi connectivity index (χ2v) is 4.25. The highest BCUT2D eigenvalue weighted by Crippen LogP contribution is 2.17. The second kappa shape index (κ2) is 4.86. The zero-order valence-corrected chi connectivity index (χ0v) is 10.4. The summed E-state index contributed by atoms with van der Waals surface area (Å²) in [6, 6.07) is 14.2. The molecule has 96 valence electrons. The number of nitrogens with one attached hydrogen (secondary N) is 2. The second-order valence-electron chi connectivity index (χ2n) is 4.25. The van der Waals surface area contributed by atoms with Crippen LogP contribution in [0.1, 0.15) is 15.9 Å². The molecule has 0 aliphatic heterocycles. The van der Waals surface area contributed by atoms with E-state index in [4.69, 9.17) is 5.26 Å². The minimum atomic E-state index is -0.252. The fourth-order valence-electron chi connectivity index (χ4n) is 2.01. The molecule has 5 nitrogen and oxygen atoms in total. The summed E-state index contributed by atoms with van der Waals surface area (Å²) >= 11 is 0. The van der Waals surface area contributed by atoms with Gasteiger partial charge in [-0.2, -0.15) is 5.26 Å². The van der Waals surface area contributed by atoms with Crippen LogP contribution >= 0.6 is 0 Å². The normalized spacial score (nSPS) is 10.2. The Morgan fingerprint density at radius 1 is 1.25 bits per heavy atom. The molecule has 0 saturated heterocycles. The monoisotopic (exact) mass is 262 g/mol. The third kappa shape index (κ3) is 2.10. The van der Waals surface area contributed by atoms with Gasteiger partial charge < -0.3 is 10.3 Å². The fourth-order valence-corrected chi connectivity index (χ4v) is 2.01. The summed E-state index contributed by atoms with van der Waals surface area (Å²) in [4.78, 5) is 19.4. The quantitative estimate of drug-likeness (QED) is 0.745. The van der Waals surface area contributed by atoms with Gasteiger partial charge in [-0.05, 0) is 30.3 Å². The first kappa shape index (κ1) is 11.9. The van der Waals surface area contributed by atoms with Crippen molar-refractivity contribution in [3.63, 3.8) is 0 Å². The van der Waals surface area contributed by atoms with Crippen molar-refractivity contribution in [2.24, 2.45) is 0 Å². The number of carbonyl (C=O) groups excluding carboxylic acids is 1. The summed E-state index contributed by atoms with van der Waals surface area (Å²) in [6.07, 6.45) is 1.55. The highest BCUT2D eigenvalue weighted by Gasteiger charge is 2.11. The number of para-hydroxylation sites is 1. The molecule has 3 aromatic rings. The van der Waals surface area contributed by atoms with Gasteiger partial charge in [-0.15, -0.1) is 0 Å². The van der Waals surface area contributed by atoms with Gasteiger partial charge in [-0.25, -0.2) is 4.98 Å². The highest BCUT2D eigenvalue weighted by molar-refractivity contribution is 6.11. The number of hydrogen-bond donors (Lipinski definition) is 2. The summed E-state index contributed by atoms with van der Waals surface area (Å²) in [6.45, 7) is 0. The van der Waals surface area contributed by atoms with Gasteiger partial charge in [0.05, 0.1) is 29.0 Å². The fraction of sp³-hybridized carbons (Fsp3) is 0. The van der Waals surface area contributed by atoms with Crippen LogP contribution in [0, 0.1) is 11.3 Å². The maximum atomic E-state index is 12.3. The Labute approximate surface area is 114 Å². The molecular weight excluding hydrogens is 252 g/mol. The number of benzene rings is 2. The van der Waals surface area contributed by atoms with Gasteiger partial charge in [-0.1, -0.05) is 12.1 Å². The molecule has 0 saturated carbocycles. The summed E-state index contributed by atoms with van der Waals surface area (Å²) in [7, 11) is 0. The Morgan fingerprint density at radius 3 is 2.95 bits per heavy atom. The largest absolute Gasteiger partial charge is 0.345 e. The number of imidazole rings is 1. The van der Waals surface area contributed by atoms with Crippen LogP contribution in [0.3, 0.4) is 0 Å². The van der Waals surface area contributed by atoms with Crippen LogP contribution in [-0.4, -0.2) is 15.9 Å². The van der Waals surface area contributed by atoms with Crippen LogP contribution in [0.25, 0.3) is 11.0 Å². The molecule has 0 aliphatic carbocycles. The van der Waals surface area contributed by atoms with Crippen LogP contribution in [0.2, 0.25) is 0 Å². The van der Waals surface area contributed by atoms with E-state index >= 15 is 0 Å². The first-order valence-electron chi connectivity index (χ1n) is 6.01. The Morgan fingerprint density at radius 2 is 2.10 bits per heavy atom. The first-order chi connectivity index (χ1) is 9.78.